The second-order valence-electron chi connectivity index (χ2n) is 6.41. The van der Waals surface area contributed by atoms with Gasteiger partial charge in [-0.05, 0) is 38.1 Å². The molecule has 1 aliphatic carbocycles. The first-order chi connectivity index (χ1) is 6.82. The van der Waals surface area contributed by atoms with Crippen LogP contribution in [0.4, 0.5) is 0 Å². The zero-order chi connectivity index (χ0) is 11.6. The second-order valence-corrected chi connectivity index (χ2v) is 6.41. The van der Waals surface area contributed by atoms with Crippen LogP contribution in [-0.4, -0.2) is 30.6 Å². The van der Waals surface area contributed by atoms with Crippen LogP contribution in [0, 0.1) is 11.3 Å². The van der Waals surface area contributed by atoms with Crippen LogP contribution in [0.1, 0.15) is 47.0 Å². The van der Waals surface area contributed by atoms with Crippen molar-refractivity contribution in [1.82, 2.24) is 4.90 Å². The Morgan fingerprint density at radius 3 is 2.13 bits per heavy atom. The number of hydrogen-bond donors (Lipinski definition) is 1. The van der Waals surface area contributed by atoms with E-state index >= 15 is 0 Å². The summed E-state index contributed by atoms with van der Waals surface area (Å²) in [5, 5.41) is 0. The summed E-state index contributed by atoms with van der Waals surface area (Å²) in [4.78, 5) is 2.48. The van der Waals surface area contributed by atoms with Gasteiger partial charge in [-0.3, -0.25) is 0 Å². The first-order valence-corrected chi connectivity index (χ1v) is 6.28. The van der Waals surface area contributed by atoms with Gasteiger partial charge in [-0.1, -0.05) is 27.2 Å². The van der Waals surface area contributed by atoms with Crippen molar-refractivity contribution < 1.29 is 0 Å². The van der Waals surface area contributed by atoms with Crippen molar-refractivity contribution in [2.24, 2.45) is 17.1 Å². The summed E-state index contributed by atoms with van der Waals surface area (Å²) in [5.41, 5.74) is 6.39. The van der Waals surface area contributed by atoms with E-state index in [0.717, 1.165) is 5.92 Å². The van der Waals surface area contributed by atoms with E-state index < -0.39 is 0 Å². The first-order valence-electron chi connectivity index (χ1n) is 6.28. The van der Waals surface area contributed by atoms with Gasteiger partial charge in [0.25, 0.3) is 0 Å². The fourth-order valence-electron chi connectivity index (χ4n) is 3.05. The molecule has 1 saturated carbocycles. The molecule has 90 valence electrons. The molecule has 15 heavy (non-hydrogen) atoms. The highest BCUT2D eigenvalue weighted by Crippen LogP contribution is 2.31. The molecule has 1 fully saturated rings. The van der Waals surface area contributed by atoms with Crippen molar-refractivity contribution in [3.05, 3.63) is 0 Å². The number of likely N-dealkylation sites (N-methyl/N-ethyl adjacent to an activating group) is 1. The van der Waals surface area contributed by atoms with Crippen LogP contribution in [0.3, 0.4) is 0 Å². The van der Waals surface area contributed by atoms with E-state index in [1.165, 1.54) is 25.8 Å². The average molecular weight is 212 g/mol. The molecule has 2 N–H and O–H groups in total. The molecule has 1 aliphatic rings. The van der Waals surface area contributed by atoms with Crippen LogP contribution >= 0.6 is 0 Å². The van der Waals surface area contributed by atoms with Crippen molar-refractivity contribution in [2.45, 2.75) is 59.0 Å². The lowest BCUT2D eigenvalue weighted by Crippen LogP contribution is -2.53. The lowest BCUT2D eigenvalue weighted by Gasteiger charge is -2.43. The van der Waals surface area contributed by atoms with Crippen molar-refractivity contribution in [3.8, 4) is 0 Å². The molecule has 0 amide bonds. The van der Waals surface area contributed by atoms with Gasteiger partial charge in [0.15, 0.2) is 0 Å². The Balaban J connectivity index is 2.54. The summed E-state index contributed by atoms with van der Waals surface area (Å²) in [6.07, 6.45) is 4.26. The van der Waals surface area contributed by atoms with Crippen molar-refractivity contribution in [1.29, 1.82) is 0 Å². The monoisotopic (exact) mass is 212 g/mol. The molecular weight excluding hydrogens is 184 g/mol. The maximum Gasteiger partial charge on any atom is 0.0289 e. The van der Waals surface area contributed by atoms with Gasteiger partial charge in [0, 0.05) is 18.6 Å². The van der Waals surface area contributed by atoms with Gasteiger partial charge in [0.05, 0.1) is 0 Å². The Kier molecular flexibility index (Phi) is 4.19. The Bertz CT molecular complexity index is 189. The second kappa shape index (κ2) is 4.84. The van der Waals surface area contributed by atoms with Crippen LogP contribution in [0.15, 0.2) is 0 Å². The van der Waals surface area contributed by atoms with Crippen LogP contribution in [-0.2, 0) is 0 Å². The first kappa shape index (κ1) is 13.0. The summed E-state index contributed by atoms with van der Waals surface area (Å²) in [7, 11) is 2.23. The fraction of sp³-hybridized carbons (Fsp3) is 1.00. The number of nitrogens with zero attached hydrogens (tertiary/aromatic N) is 1. The van der Waals surface area contributed by atoms with Gasteiger partial charge in [-0.25, -0.2) is 0 Å². The molecule has 0 aromatic heterocycles. The van der Waals surface area contributed by atoms with Crippen LogP contribution in [0.5, 0.6) is 0 Å². The largest absolute Gasteiger partial charge is 0.327 e. The zero-order valence-electron chi connectivity index (χ0n) is 11.1. The fourth-order valence-corrected chi connectivity index (χ4v) is 3.05. The molecule has 2 unspecified atom stereocenters. The van der Waals surface area contributed by atoms with E-state index in [2.05, 4.69) is 39.6 Å². The Morgan fingerprint density at radius 1 is 1.33 bits per heavy atom. The summed E-state index contributed by atoms with van der Waals surface area (Å²) in [6, 6.07) is 0.730. The predicted octanol–water partition coefficient (Wildman–Crippen LogP) is 2.48. The molecule has 2 nitrogen and oxygen atoms in total. The molecule has 1 rings (SSSR count). The van der Waals surface area contributed by atoms with Gasteiger partial charge in [-0.2, -0.15) is 0 Å². The lowest BCUT2D eigenvalue weighted by atomic mass is 9.80. The van der Waals surface area contributed by atoms with E-state index in [1.807, 2.05) is 0 Å². The molecule has 0 spiro atoms. The minimum atomic E-state index is 0.245. The molecule has 0 aromatic carbocycles. The highest BCUT2D eigenvalue weighted by atomic mass is 15.2. The Morgan fingerprint density at radius 2 is 1.87 bits per heavy atom. The molecule has 2 atom stereocenters. The number of rotatable bonds is 4. The number of nitrogens with two attached hydrogens (primary N) is 1. The summed E-state index contributed by atoms with van der Waals surface area (Å²) in [6.45, 7) is 10.2. The Labute approximate surface area is 95.2 Å². The maximum atomic E-state index is 6.12. The van der Waals surface area contributed by atoms with Crippen molar-refractivity contribution in [3.63, 3.8) is 0 Å². The summed E-state index contributed by atoms with van der Waals surface area (Å²) < 4.78 is 0. The average Bonchev–Trinajstić information content (AvgIpc) is 1.92. The maximum absolute atomic E-state index is 6.12. The molecule has 0 heterocycles. The summed E-state index contributed by atoms with van der Waals surface area (Å²) in [5.74, 6) is 0.929. The third-order valence-corrected chi connectivity index (χ3v) is 3.63. The van der Waals surface area contributed by atoms with E-state index in [9.17, 15) is 0 Å². The minimum Gasteiger partial charge on any atom is -0.327 e. The highest BCUT2D eigenvalue weighted by Gasteiger charge is 2.33. The van der Waals surface area contributed by atoms with Gasteiger partial charge in [0.1, 0.15) is 0 Å². The normalized spacial score (nSPS) is 22.6. The van der Waals surface area contributed by atoms with Crippen molar-refractivity contribution >= 4 is 0 Å². The topological polar surface area (TPSA) is 29.3 Å². The molecule has 0 radical (unpaired) electrons. The third kappa shape index (κ3) is 3.46. The van der Waals surface area contributed by atoms with Crippen LogP contribution in [0.2, 0.25) is 0 Å². The molecule has 0 aliphatic heterocycles. The van der Waals surface area contributed by atoms with E-state index in [0.29, 0.717) is 6.04 Å². The zero-order valence-corrected chi connectivity index (χ0v) is 11.1. The van der Waals surface area contributed by atoms with E-state index in [4.69, 9.17) is 5.73 Å². The Hall–Kier alpha value is -0.0800. The van der Waals surface area contributed by atoms with Gasteiger partial charge < -0.3 is 10.6 Å². The highest BCUT2D eigenvalue weighted by molar-refractivity contribution is 4.89. The number of hydrogen-bond acceptors (Lipinski definition) is 2. The van der Waals surface area contributed by atoms with E-state index in [-0.39, 0.29) is 11.5 Å². The van der Waals surface area contributed by atoms with Gasteiger partial charge >= 0.3 is 0 Å². The van der Waals surface area contributed by atoms with Gasteiger partial charge in [-0.15, -0.1) is 0 Å². The van der Waals surface area contributed by atoms with Gasteiger partial charge in [0.2, 0.25) is 0 Å². The van der Waals surface area contributed by atoms with E-state index in [1.54, 1.807) is 0 Å². The molecular formula is C13H28N2. The molecule has 0 aromatic rings. The predicted molar refractivity (Wildman–Crippen MR) is 66.9 cm³/mol. The molecule has 0 saturated heterocycles. The SMILES string of the molecule is CC(N)C(N(C)CC1CCC1)C(C)(C)C. The molecule has 2 heteroatoms. The minimum absolute atomic E-state index is 0.245. The standard InChI is InChI=1S/C13H28N2/c1-10(14)12(13(2,3)4)15(5)9-11-7-6-8-11/h10-12H,6-9,14H2,1-5H3. The smallest absolute Gasteiger partial charge is 0.0289 e. The van der Waals surface area contributed by atoms with Crippen LogP contribution < -0.4 is 5.73 Å². The van der Waals surface area contributed by atoms with Crippen molar-refractivity contribution in [2.75, 3.05) is 13.6 Å². The third-order valence-electron chi connectivity index (χ3n) is 3.63. The van der Waals surface area contributed by atoms with Crippen LogP contribution in [0.25, 0.3) is 0 Å². The summed E-state index contributed by atoms with van der Waals surface area (Å²) >= 11 is 0. The molecule has 0 bridgehead atoms. The quantitative estimate of drug-likeness (QED) is 0.776. The lowest BCUT2D eigenvalue weighted by molar-refractivity contribution is 0.0761.